The third-order valence-electron chi connectivity index (χ3n) is 3.36. The minimum absolute atomic E-state index is 0.0963. The second kappa shape index (κ2) is 6.77. The number of carbonyl (C=O) groups is 2. The average molecular weight is 296 g/mol. The van der Waals surface area contributed by atoms with Crippen LogP contribution in [0.5, 0.6) is 0 Å². The van der Waals surface area contributed by atoms with Crippen LogP contribution >= 0.6 is 0 Å². The predicted octanol–water partition coefficient (Wildman–Crippen LogP) is 3.78. The van der Waals surface area contributed by atoms with Gasteiger partial charge in [-0.05, 0) is 35.4 Å². The highest BCUT2D eigenvalue weighted by molar-refractivity contribution is 6.06. The van der Waals surface area contributed by atoms with E-state index in [0.717, 1.165) is 12.8 Å². The summed E-state index contributed by atoms with van der Waals surface area (Å²) in [6, 6.07) is 7.83. The summed E-state index contributed by atoms with van der Waals surface area (Å²) in [4.78, 5) is 22.7. The van der Waals surface area contributed by atoms with Gasteiger partial charge in [0.15, 0.2) is 0 Å². The zero-order valence-electron chi connectivity index (χ0n) is 12.2. The Bertz CT molecular complexity index is 794. The lowest BCUT2D eigenvalue weighted by molar-refractivity contribution is 0.0688. The number of rotatable bonds is 4. The number of hydrogen-bond acceptors (Lipinski definition) is 2. The quantitative estimate of drug-likeness (QED) is 0.665. The highest BCUT2D eigenvalue weighted by Crippen LogP contribution is 2.23. The van der Waals surface area contributed by atoms with Gasteiger partial charge < -0.3 is 10.2 Å². The summed E-state index contributed by atoms with van der Waals surface area (Å²) < 4.78 is 0. The minimum Gasteiger partial charge on any atom is -0.478 e. The zero-order chi connectivity index (χ0) is 16.1. The van der Waals surface area contributed by atoms with E-state index in [-0.39, 0.29) is 11.1 Å². The Morgan fingerprint density at radius 1 is 1.09 bits per heavy atom. The predicted molar refractivity (Wildman–Crippen MR) is 84.3 cm³/mol. The van der Waals surface area contributed by atoms with Gasteiger partial charge in [0.25, 0.3) is 0 Å². The molecule has 0 saturated heterocycles. The van der Waals surface area contributed by atoms with Crippen molar-refractivity contribution >= 4 is 22.7 Å². The SMILES string of the molecule is CCCCC#Cc1cc2c(C(=O)O)cccc2cc1C(=O)O. The number of benzene rings is 2. The van der Waals surface area contributed by atoms with Crippen molar-refractivity contribution in [3.05, 3.63) is 47.0 Å². The molecule has 0 radical (unpaired) electrons. The second-order valence-electron chi connectivity index (χ2n) is 4.94. The van der Waals surface area contributed by atoms with E-state index in [1.807, 2.05) is 0 Å². The first-order valence-electron chi connectivity index (χ1n) is 7.06. The molecule has 22 heavy (non-hydrogen) atoms. The molecule has 0 aliphatic heterocycles. The van der Waals surface area contributed by atoms with Crippen molar-refractivity contribution in [1.82, 2.24) is 0 Å². The van der Waals surface area contributed by atoms with Gasteiger partial charge in [0.1, 0.15) is 0 Å². The smallest absolute Gasteiger partial charge is 0.336 e. The number of hydrogen-bond donors (Lipinski definition) is 2. The number of carboxylic acid groups (broad SMARTS) is 2. The fourth-order valence-electron chi connectivity index (χ4n) is 2.22. The van der Waals surface area contributed by atoms with Crippen LogP contribution in [0.15, 0.2) is 30.3 Å². The van der Waals surface area contributed by atoms with Gasteiger partial charge in [-0.3, -0.25) is 0 Å². The van der Waals surface area contributed by atoms with E-state index in [1.54, 1.807) is 18.2 Å². The molecule has 0 spiro atoms. The first-order valence-corrected chi connectivity index (χ1v) is 7.06. The van der Waals surface area contributed by atoms with Crippen molar-refractivity contribution < 1.29 is 19.8 Å². The van der Waals surface area contributed by atoms with Crippen LogP contribution in [0.25, 0.3) is 10.8 Å². The van der Waals surface area contributed by atoms with Gasteiger partial charge in [-0.25, -0.2) is 9.59 Å². The van der Waals surface area contributed by atoms with Gasteiger partial charge in [-0.2, -0.15) is 0 Å². The molecule has 2 aromatic rings. The molecule has 0 heterocycles. The number of aromatic carboxylic acids is 2. The molecular formula is C18H16O4. The summed E-state index contributed by atoms with van der Waals surface area (Å²) in [5.41, 5.74) is 0.592. The molecule has 112 valence electrons. The van der Waals surface area contributed by atoms with Crippen LogP contribution in [0.2, 0.25) is 0 Å². The van der Waals surface area contributed by atoms with Crippen LogP contribution in [-0.2, 0) is 0 Å². The van der Waals surface area contributed by atoms with E-state index >= 15 is 0 Å². The number of unbranched alkanes of at least 4 members (excludes halogenated alkanes) is 2. The van der Waals surface area contributed by atoms with Crippen LogP contribution in [0.3, 0.4) is 0 Å². The summed E-state index contributed by atoms with van der Waals surface area (Å²) in [6.07, 6.45) is 2.65. The third-order valence-corrected chi connectivity index (χ3v) is 3.36. The van der Waals surface area contributed by atoms with E-state index in [2.05, 4.69) is 18.8 Å². The molecule has 2 N–H and O–H groups in total. The van der Waals surface area contributed by atoms with Gasteiger partial charge in [0.05, 0.1) is 11.1 Å². The normalized spacial score (nSPS) is 10.0. The maximum absolute atomic E-state index is 11.4. The fraction of sp³-hybridized carbons (Fsp3) is 0.222. The van der Waals surface area contributed by atoms with Crippen LogP contribution in [-0.4, -0.2) is 22.2 Å². The largest absolute Gasteiger partial charge is 0.478 e. The van der Waals surface area contributed by atoms with Crippen LogP contribution < -0.4 is 0 Å². The fourth-order valence-corrected chi connectivity index (χ4v) is 2.22. The summed E-state index contributed by atoms with van der Waals surface area (Å²) in [5.74, 6) is 3.70. The van der Waals surface area contributed by atoms with Crippen LogP contribution in [0, 0.1) is 11.8 Å². The van der Waals surface area contributed by atoms with E-state index in [4.69, 9.17) is 0 Å². The van der Waals surface area contributed by atoms with Gasteiger partial charge in [-0.1, -0.05) is 37.3 Å². The van der Waals surface area contributed by atoms with Crippen LogP contribution in [0.4, 0.5) is 0 Å². The molecule has 0 aliphatic carbocycles. The van der Waals surface area contributed by atoms with E-state index < -0.39 is 11.9 Å². The molecule has 0 aliphatic rings. The average Bonchev–Trinajstić information content (AvgIpc) is 2.49. The molecule has 0 amide bonds. The molecule has 2 rings (SSSR count). The maximum Gasteiger partial charge on any atom is 0.336 e. The second-order valence-corrected chi connectivity index (χ2v) is 4.94. The Morgan fingerprint density at radius 2 is 1.82 bits per heavy atom. The molecular weight excluding hydrogens is 280 g/mol. The molecule has 0 bridgehead atoms. The van der Waals surface area contributed by atoms with Crippen molar-refractivity contribution in [3.63, 3.8) is 0 Å². The van der Waals surface area contributed by atoms with Crippen molar-refractivity contribution in [2.75, 3.05) is 0 Å². The molecule has 4 nitrogen and oxygen atoms in total. The Balaban J connectivity index is 2.63. The molecule has 0 saturated carbocycles. The standard InChI is InChI=1S/C18H16O4/c1-2-3-4-5-7-13-10-15-12(11-16(13)18(21)22)8-6-9-14(15)17(19)20/h6,8-11H,2-4H2,1H3,(H,19,20)(H,21,22). The van der Waals surface area contributed by atoms with Gasteiger partial charge in [0, 0.05) is 12.0 Å². The lowest BCUT2D eigenvalue weighted by Crippen LogP contribution is -2.03. The summed E-state index contributed by atoms with van der Waals surface area (Å²) in [7, 11) is 0. The first kappa shape index (κ1) is 15.6. The third kappa shape index (κ3) is 3.26. The highest BCUT2D eigenvalue weighted by Gasteiger charge is 2.14. The van der Waals surface area contributed by atoms with E-state index in [1.165, 1.54) is 12.1 Å². The molecule has 0 unspecified atom stereocenters. The Kier molecular flexibility index (Phi) is 4.80. The minimum atomic E-state index is -1.07. The van der Waals surface area contributed by atoms with Gasteiger partial charge >= 0.3 is 11.9 Å². The van der Waals surface area contributed by atoms with E-state index in [0.29, 0.717) is 22.8 Å². The lowest BCUT2D eigenvalue weighted by atomic mass is 9.97. The van der Waals surface area contributed by atoms with Crippen molar-refractivity contribution in [2.24, 2.45) is 0 Å². The van der Waals surface area contributed by atoms with Gasteiger partial charge in [0.2, 0.25) is 0 Å². The van der Waals surface area contributed by atoms with Crippen molar-refractivity contribution in [3.8, 4) is 11.8 Å². The van der Waals surface area contributed by atoms with E-state index in [9.17, 15) is 19.8 Å². The summed E-state index contributed by atoms with van der Waals surface area (Å²) in [6.45, 7) is 2.06. The number of fused-ring (bicyclic) bond motifs is 1. The lowest BCUT2D eigenvalue weighted by Gasteiger charge is -2.06. The molecule has 0 atom stereocenters. The first-order chi connectivity index (χ1) is 10.5. The summed E-state index contributed by atoms with van der Waals surface area (Å²) in [5, 5.41) is 19.6. The molecule has 0 fully saturated rings. The maximum atomic E-state index is 11.4. The Labute approximate surface area is 128 Å². The monoisotopic (exact) mass is 296 g/mol. The molecule has 0 aromatic heterocycles. The number of carboxylic acids is 2. The zero-order valence-corrected chi connectivity index (χ0v) is 12.2. The summed E-state index contributed by atoms with van der Waals surface area (Å²) >= 11 is 0. The van der Waals surface area contributed by atoms with Crippen molar-refractivity contribution in [2.45, 2.75) is 26.2 Å². The Hall–Kier alpha value is -2.80. The van der Waals surface area contributed by atoms with Crippen molar-refractivity contribution in [1.29, 1.82) is 0 Å². The van der Waals surface area contributed by atoms with Crippen LogP contribution in [0.1, 0.15) is 52.5 Å². The molecule has 4 heteroatoms. The topological polar surface area (TPSA) is 74.6 Å². The highest BCUT2D eigenvalue weighted by atomic mass is 16.4. The Morgan fingerprint density at radius 3 is 2.45 bits per heavy atom. The molecule has 2 aromatic carbocycles. The van der Waals surface area contributed by atoms with Gasteiger partial charge in [-0.15, -0.1) is 0 Å².